The van der Waals surface area contributed by atoms with Crippen LogP contribution in [-0.2, 0) is 11.3 Å². The molecule has 2 heterocycles. The number of ether oxygens (including phenoxy) is 1. The molecule has 2 aliphatic rings. The van der Waals surface area contributed by atoms with Crippen LogP contribution in [0.1, 0.15) is 36.9 Å². The molecule has 1 aliphatic carbocycles. The maximum atomic E-state index is 5.89. The summed E-state index contributed by atoms with van der Waals surface area (Å²) < 4.78 is 5.44. The number of aromatic nitrogens is 2. The largest absolute Gasteiger partial charge is 0.404 e. The van der Waals surface area contributed by atoms with E-state index >= 15 is 0 Å². The number of nitrogens with zero attached hydrogens (tertiary/aromatic N) is 4. The quantitative estimate of drug-likeness (QED) is 0.650. The van der Waals surface area contributed by atoms with E-state index in [0.29, 0.717) is 6.04 Å². The fourth-order valence-corrected chi connectivity index (χ4v) is 4.16. The second kappa shape index (κ2) is 10.1. The first-order valence-electron chi connectivity index (χ1n) is 11.0. The highest BCUT2D eigenvalue weighted by molar-refractivity contribution is 6.09. The van der Waals surface area contributed by atoms with E-state index in [0.717, 1.165) is 86.9 Å². The molecule has 7 nitrogen and oxygen atoms in total. The Balaban J connectivity index is 1.42. The smallest absolute Gasteiger partial charge is 0.0922 e. The van der Waals surface area contributed by atoms with Crippen molar-refractivity contribution in [2.24, 2.45) is 22.4 Å². The molecular weight excluding hydrogens is 376 g/mol. The van der Waals surface area contributed by atoms with Gasteiger partial charge in [-0.2, -0.15) is 0 Å². The average Bonchev–Trinajstić information content (AvgIpc) is 2.75. The summed E-state index contributed by atoms with van der Waals surface area (Å²) in [5.74, 6) is 0.770. The highest BCUT2D eigenvalue weighted by Crippen LogP contribution is 2.33. The molecular formula is C23H32N6O. The third-order valence-electron chi connectivity index (χ3n) is 6.04. The summed E-state index contributed by atoms with van der Waals surface area (Å²) in [5, 5.41) is 0. The average molecular weight is 409 g/mol. The topological polar surface area (TPSA) is 103 Å². The van der Waals surface area contributed by atoms with Crippen LogP contribution in [0.4, 0.5) is 0 Å². The lowest BCUT2D eigenvalue weighted by atomic mass is 9.78. The predicted molar refractivity (Wildman–Crippen MR) is 121 cm³/mol. The molecule has 1 aliphatic heterocycles. The Labute approximate surface area is 178 Å². The fraction of sp³-hybridized carbons (Fsp3) is 0.522. The lowest BCUT2D eigenvalue weighted by Crippen LogP contribution is -2.35. The van der Waals surface area contributed by atoms with Gasteiger partial charge in [-0.1, -0.05) is 6.07 Å². The number of morpholine rings is 1. The number of rotatable bonds is 8. The molecule has 0 unspecified atom stereocenters. The van der Waals surface area contributed by atoms with Crippen molar-refractivity contribution in [1.82, 2.24) is 14.9 Å². The van der Waals surface area contributed by atoms with Crippen LogP contribution in [0.3, 0.4) is 0 Å². The van der Waals surface area contributed by atoms with E-state index in [1.807, 2.05) is 12.3 Å². The van der Waals surface area contributed by atoms with Crippen molar-refractivity contribution in [2.75, 3.05) is 32.8 Å². The molecule has 1 saturated carbocycles. The standard InChI is InChI=1S/C23H32N6O/c24-5-1-2-17-10-20(11-17)26-14-19(13-25)23-15-27-21-4-3-18(12-22(21)28-23)16-29-6-8-30-9-7-29/h3-4,12-15,17,20H,1-2,5-11,16,24-25H2. The Kier molecular flexibility index (Phi) is 7.04. The summed E-state index contributed by atoms with van der Waals surface area (Å²) >= 11 is 0. The van der Waals surface area contributed by atoms with Crippen LogP contribution < -0.4 is 11.5 Å². The molecule has 160 valence electrons. The van der Waals surface area contributed by atoms with E-state index < -0.39 is 0 Å². The molecule has 30 heavy (non-hydrogen) atoms. The summed E-state index contributed by atoms with van der Waals surface area (Å²) in [6, 6.07) is 6.68. The van der Waals surface area contributed by atoms with Crippen molar-refractivity contribution in [2.45, 2.75) is 38.3 Å². The normalized spacial score (nSPS) is 23.2. The van der Waals surface area contributed by atoms with Gasteiger partial charge in [0.25, 0.3) is 0 Å². The van der Waals surface area contributed by atoms with Crippen LogP contribution in [0, 0.1) is 5.92 Å². The molecule has 0 bridgehead atoms. The highest BCUT2D eigenvalue weighted by Gasteiger charge is 2.27. The minimum absolute atomic E-state index is 0.385. The summed E-state index contributed by atoms with van der Waals surface area (Å²) in [7, 11) is 0. The second-order valence-corrected chi connectivity index (χ2v) is 8.29. The molecule has 2 aromatic rings. The fourth-order valence-electron chi connectivity index (χ4n) is 4.16. The van der Waals surface area contributed by atoms with E-state index in [1.165, 1.54) is 12.0 Å². The molecule has 0 amide bonds. The van der Waals surface area contributed by atoms with Crippen LogP contribution in [-0.4, -0.2) is 60.0 Å². The van der Waals surface area contributed by atoms with Gasteiger partial charge in [0.1, 0.15) is 0 Å². The third-order valence-corrected chi connectivity index (χ3v) is 6.04. The molecule has 4 N–H and O–H groups in total. The molecule has 0 atom stereocenters. The minimum atomic E-state index is 0.385. The first-order valence-corrected chi connectivity index (χ1v) is 11.0. The molecule has 1 saturated heterocycles. The van der Waals surface area contributed by atoms with Gasteiger partial charge in [0.15, 0.2) is 0 Å². The SMILES string of the molecule is NC=C(C=NC1CC(CCCN)C1)c1cnc2ccc(CN3CCOCC3)cc2n1. The third kappa shape index (κ3) is 5.22. The summed E-state index contributed by atoms with van der Waals surface area (Å²) in [6.45, 7) is 5.22. The maximum absolute atomic E-state index is 5.89. The zero-order chi connectivity index (χ0) is 20.8. The molecule has 1 aromatic heterocycles. The number of hydrogen-bond acceptors (Lipinski definition) is 7. The second-order valence-electron chi connectivity index (χ2n) is 8.29. The summed E-state index contributed by atoms with van der Waals surface area (Å²) in [6.07, 6.45) is 9.81. The van der Waals surface area contributed by atoms with Gasteiger partial charge < -0.3 is 16.2 Å². The lowest BCUT2D eigenvalue weighted by molar-refractivity contribution is 0.0342. The zero-order valence-corrected chi connectivity index (χ0v) is 17.5. The number of hydrogen-bond donors (Lipinski definition) is 2. The van der Waals surface area contributed by atoms with E-state index in [9.17, 15) is 0 Å². The molecule has 4 rings (SSSR count). The van der Waals surface area contributed by atoms with Crippen molar-refractivity contribution in [3.05, 3.63) is 41.9 Å². The molecule has 0 radical (unpaired) electrons. The molecule has 7 heteroatoms. The number of benzene rings is 1. The number of fused-ring (bicyclic) bond motifs is 1. The minimum Gasteiger partial charge on any atom is -0.404 e. The van der Waals surface area contributed by atoms with Crippen molar-refractivity contribution in [1.29, 1.82) is 0 Å². The van der Waals surface area contributed by atoms with Crippen molar-refractivity contribution < 1.29 is 4.74 Å². The van der Waals surface area contributed by atoms with E-state index in [1.54, 1.807) is 12.4 Å². The van der Waals surface area contributed by atoms with Gasteiger partial charge in [-0.15, -0.1) is 0 Å². The molecule has 2 fully saturated rings. The number of allylic oxidation sites excluding steroid dienone is 1. The summed E-state index contributed by atoms with van der Waals surface area (Å²) in [4.78, 5) is 16.5. The van der Waals surface area contributed by atoms with Gasteiger partial charge in [0.2, 0.25) is 0 Å². The van der Waals surface area contributed by atoms with Crippen molar-refractivity contribution >= 4 is 22.8 Å². The molecule has 0 spiro atoms. The van der Waals surface area contributed by atoms with Gasteiger partial charge in [-0.25, -0.2) is 4.98 Å². The van der Waals surface area contributed by atoms with Gasteiger partial charge in [-0.3, -0.25) is 14.9 Å². The maximum Gasteiger partial charge on any atom is 0.0922 e. The van der Waals surface area contributed by atoms with Crippen LogP contribution in [0.5, 0.6) is 0 Å². The van der Waals surface area contributed by atoms with Gasteiger partial charge in [0, 0.05) is 37.6 Å². The Hall–Kier alpha value is -2.35. The monoisotopic (exact) mass is 408 g/mol. The van der Waals surface area contributed by atoms with Crippen LogP contribution in [0.15, 0.2) is 35.6 Å². The summed E-state index contributed by atoms with van der Waals surface area (Å²) in [5.41, 5.74) is 16.1. The van der Waals surface area contributed by atoms with Crippen LogP contribution >= 0.6 is 0 Å². The Morgan fingerprint density at radius 3 is 2.83 bits per heavy atom. The first-order chi connectivity index (χ1) is 14.7. The van der Waals surface area contributed by atoms with Crippen LogP contribution in [0.2, 0.25) is 0 Å². The van der Waals surface area contributed by atoms with Gasteiger partial charge in [0.05, 0.1) is 42.2 Å². The Morgan fingerprint density at radius 2 is 2.07 bits per heavy atom. The zero-order valence-electron chi connectivity index (χ0n) is 17.5. The highest BCUT2D eigenvalue weighted by atomic mass is 16.5. The molecule has 1 aromatic carbocycles. The van der Waals surface area contributed by atoms with E-state index in [-0.39, 0.29) is 0 Å². The first kappa shape index (κ1) is 20.9. The van der Waals surface area contributed by atoms with Crippen molar-refractivity contribution in [3.63, 3.8) is 0 Å². The van der Waals surface area contributed by atoms with Gasteiger partial charge >= 0.3 is 0 Å². The Bertz CT molecular complexity index is 900. The van der Waals surface area contributed by atoms with Crippen molar-refractivity contribution in [3.8, 4) is 0 Å². The number of nitrogens with two attached hydrogens (primary N) is 2. The lowest BCUT2D eigenvalue weighted by Gasteiger charge is -2.32. The van der Waals surface area contributed by atoms with E-state index in [2.05, 4.69) is 22.0 Å². The number of aliphatic imine (C=N–C) groups is 1. The van der Waals surface area contributed by atoms with E-state index in [4.69, 9.17) is 26.2 Å². The predicted octanol–water partition coefficient (Wildman–Crippen LogP) is 2.35. The Morgan fingerprint density at radius 1 is 1.23 bits per heavy atom. The van der Waals surface area contributed by atoms with Crippen LogP contribution in [0.25, 0.3) is 16.6 Å². The van der Waals surface area contributed by atoms with Gasteiger partial charge in [-0.05, 0) is 55.8 Å².